The van der Waals surface area contributed by atoms with Gasteiger partial charge >= 0.3 is 11.9 Å². The van der Waals surface area contributed by atoms with Gasteiger partial charge in [-0.3, -0.25) is 4.79 Å². The molecule has 0 bridgehead atoms. The summed E-state index contributed by atoms with van der Waals surface area (Å²) < 4.78 is 22.0. The lowest BCUT2D eigenvalue weighted by molar-refractivity contribution is -0.135. The van der Waals surface area contributed by atoms with Crippen molar-refractivity contribution < 1.29 is 28.5 Å². The van der Waals surface area contributed by atoms with Crippen LogP contribution < -0.4 is 14.2 Å². The molecule has 6 heteroatoms. The van der Waals surface area contributed by atoms with Gasteiger partial charge < -0.3 is 18.9 Å². The van der Waals surface area contributed by atoms with Gasteiger partial charge in [-0.25, -0.2) is 4.79 Å². The molecule has 0 unspecified atom stereocenters. The summed E-state index contributed by atoms with van der Waals surface area (Å²) in [5.41, 5.74) is 2.74. The average molecular weight is 396 g/mol. The molecule has 0 saturated heterocycles. The number of carbonyl (C=O) groups excluding carboxylic acids is 2. The summed E-state index contributed by atoms with van der Waals surface area (Å²) in [6.45, 7) is 0.189. The lowest BCUT2D eigenvalue weighted by atomic mass is 9.95. The molecule has 4 rings (SSSR count). The van der Waals surface area contributed by atoms with Crippen molar-refractivity contribution in [2.75, 3.05) is 14.2 Å². The van der Waals surface area contributed by atoms with Crippen LogP contribution in [0.1, 0.15) is 48.0 Å². The molecule has 0 spiro atoms. The van der Waals surface area contributed by atoms with Gasteiger partial charge in [0.1, 0.15) is 6.61 Å². The van der Waals surface area contributed by atoms with E-state index in [1.54, 1.807) is 18.2 Å². The number of rotatable bonds is 6. The highest BCUT2D eigenvalue weighted by Crippen LogP contribution is 2.46. The Morgan fingerprint density at radius 1 is 1.00 bits per heavy atom. The van der Waals surface area contributed by atoms with Crippen molar-refractivity contribution in [3.8, 4) is 28.4 Å². The molecule has 0 atom stereocenters. The van der Waals surface area contributed by atoms with Crippen molar-refractivity contribution in [2.45, 2.75) is 38.7 Å². The number of cyclic esters (lactones) is 1. The molecular formula is C23H24O6. The number of hydrogen-bond donors (Lipinski definition) is 0. The van der Waals surface area contributed by atoms with E-state index in [0.29, 0.717) is 40.7 Å². The van der Waals surface area contributed by atoms with E-state index in [1.807, 2.05) is 12.1 Å². The summed E-state index contributed by atoms with van der Waals surface area (Å²) in [7, 11) is 3.05. The maximum atomic E-state index is 12.7. The number of hydrogen-bond acceptors (Lipinski definition) is 6. The highest BCUT2D eigenvalue weighted by molar-refractivity contribution is 5.97. The minimum absolute atomic E-state index is 0.189. The third-order valence-electron chi connectivity index (χ3n) is 5.68. The van der Waals surface area contributed by atoms with Crippen LogP contribution in [-0.4, -0.2) is 26.2 Å². The second-order valence-corrected chi connectivity index (χ2v) is 7.41. The molecule has 152 valence electrons. The van der Waals surface area contributed by atoms with Crippen molar-refractivity contribution in [1.82, 2.24) is 0 Å². The second-order valence-electron chi connectivity index (χ2n) is 7.41. The lowest BCUT2D eigenvalue weighted by Crippen LogP contribution is -2.14. The van der Waals surface area contributed by atoms with Crippen LogP contribution in [0.2, 0.25) is 0 Å². The van der Waals surface area contributed by atoms with Crippen LogP contribution in [0.4, 0.5) is 0 Å². The van der Waals surface area contributed by atoms with E-state index in [-0.39, 0.29) is 18.5 Å². The minimum atomic E-state index is -0.345. The van der Waals surface area contributed by atoms with Crippen LogP contribution in [-0.2, 0) is 16.1 Å². The smallest absolute Gasteiger partial charge is 0.338 e. The standard InChI is InChI=1S/C23H24O6/c1-26-19-11-10-16(15-8-5-9-17-18(15)13-28-23(17)25)21(22(19)27-2)29-20(24)12-14-6-3-4-7-14/h5,8-11,14H,3-4,6-7,12-13H2,1-2H3. The van der Waals surface area contributed by atoms with E-state index in [9.17, 15) is 9.59 Å². The van der Waals surface area contributed by atoms with Gasteiger partial charge in [-0.05, 0) is 42.5 Å². The van der Waals surface area contributed by atoms with E-state index in [4.69, 9.17) is 18.9 Å². The van der Waals surface area contributed by atoms with Crippen LogP contribution in [0.15, 0.2) is 30.3 Å². The van der Waals surface area contributed by atoms with Gasteiger partial charge in [-0.2, -0.15) is 0 Å². The fourth-order valence-electron chi connectivity index (χ4n) is 4.22. The highest BCUT2D eigenvalue weighted by Gasteiger charge is 2.28. The molecule has 1 saturated carbocycles. The van der Waals surface area contributed by atoms with E-state index >= 15 is 0 Å². The molecule has 0 radical (unpaired) electrons. The first-order valence-electron chi connectivity index (χ1n) is 9.87. The topological polar surface area (TPSA) is 71.1 Å². The van der Waals surface area contributed by atoms with E-state index in [0.717, 1.165) is 36.8 Å². The third-order valence-corrected chi connectivity index (χ3v) is 5.68. The van der Waals surface area contributed by atoms with Crippen LogP contribution in [0.3, 0.4) is 0 Å². The van der Waals surface area contributed by atoms with Crippen LogP contribution in [0.25, 0.3) is 11.1 Å². The molecule has 1 aliphatic heterocycles. The quantitative estimate of drug-likeness (QED) is 0.528. The summed E-state index contributed by atoms with van der Waals surface area (Å²) >= 11 is 0. The van der Waals surface area contributed by atoms with Crippen molar-refractivity contribution in [1.29, 1.82) is 0 Å². The Morgan fingerprint density at radius 2 is 1.76 bits per heavy atom. The fraction of sp³-hybridized carbons (Fsp3) is 0.391. The molecular weight excluding hydrogens is 372 g/mol. The minimum Gasteiger partial charge on any atom is -0.493 e. The Morgan fingerprint density at radius 3 is 2.48 bits per heavy atom. The Bertz CT molecular complexity index is 943. The molecule has 1 fully saturated rings. The van der Waals surface area contributed by atoms with E-state index in [2.05, 4.69) is 0 Å². The molecule has 2 aromatic rings. The number of carbonyl (C=O) groups is 2. The number of ether oxygens (including phenoxy) is 4. The molecule has 0 aromatic heterocycles. The zero-order chi connectivity index (χ0) is 20.4. The molecule has 2 aliphatic rings. The highest BCUT2D eigenvalue weighted by atomic mass is 16.6. The zero-order valence-corrected chi connectivity index (χ0v) is 16.7. The molecule has 0 N–H and O–H groups in total. The Labute approximate surface area is 169 Å². The predicted octanol–water partition coefficient (Wildman–Crippen LogP) is 4.53. The normalized spacial score (nSPS) is 15.7. The number of methoxy groups -OCH3 is 2. The predicted molar refractivity (Wildman–Crippen MR) is 106 cm³/mol. The van der Waals surface area contributed by atoms with Gasteiger partial charge in [0.05, 0.1) is 19.8 Å². The Balaban J connectivity index is 1.76. The second kappa shape index (κ2) is 8.15. The summed E-state index contributed by atoms with van der Waals surface area (Å²) in [4.78, 5) is 24.7. The molecule has 0 amide bonds. The van der Waals surface area contributed by atoms with Crippen molar-refractivity contribution in [3.63, 3.8) is 0 Å². The first-order valence-corrected chi connectivity index (χ1v) is 9.87. The number of fused-ring (bicyclic) bond motifs is 1. The maximum Gasteiger partial charge on any atom is 0.338 e. The van der Waals surface area contributed by atoms with Crippen LogP contribution in [0, 0.1) is 5.92 Å². The van der Waals surface area contributed by atoms with Crippen molar-refractivity contribution in [3.05, 3.63) is 41.5 Å². The van der Waals surface area contributed by atoms with Crippen molar-refractivity contribution >= 4 is 11.9 Å². The molecule has 6 nitrogen and oxygen atoms in total. The monoisotopic (exact) mass is 396 g/mol. The zero-order valence-electron chi connectivity index (χ0n) is 16.7. The Hall–Kier alpha value is -3.02. The summed E-state index contributed by atoms with van der Waals surface area (Å²) in [6, 6.07) is 9.00. The van der Waals surface area contributed by atoms with Gasteiger partial charge in [-0.15, -0.1) is 0 Å². The number of esters is 2. The van der Waals surface area contributed by atoms with Crippen molar-refractivity contribution in [2.24, 2.45) is 5.92 Å². The van der Waals surface area contributed by atoms with E-state index < -0.39 is 0 Å². The fourth-order valence-corrected chi connectivity index (χ4v) is 4.22. The Kier molecular flexibility index (Phi) is 5.43. The maximum absolute atomic E-state index is 12.7. The lowest BCUT2D eigenvalue weighted by Gasteiger charge is -2.18. The van der Waals surface area contributed by atoms with E-state index in [1.165, 1.54) is 14.2 Å². The van der Waals surface area contributed by atoms with Gasteiger partial charge in [-0.1, -0.05) is 25.0 Å². The largest absolute Gasteiger partial charge is 0.493 e. The summed E-state index contributed by atoms with van der Waals surface area (Å²) in [5, 5.41) is 0. The average Bonchev–Trinajstić information content (AvgIpc) is 3.37. The SMILES string of the molecule is COc1ccc(-c2cccc3c2COC3=O)c(OC(=O)CC2CCCC2)c1OC. The molecule has 2 aromatic carbocycles. The summed E-state index contributed by atoms with van der Waals surface area (Å²) in [6.07, 6.45) is 4.83. The first-order chi connectivity index (χ1) is 14.1. The number of benzene rings is 2. The van der Waals surface area contributed by atoms with Crippen LogP contribution in [0.5, 0.6) is 17.2 Å². The van der Waals surface area contributed by atoms with Gasteiger partial charge in [0.25, 0.3) is 0 Å². The van der Waals surface area contributed by atoms with Gasteiger partial charge in [0.15, 0.2) is 11.5 Å². The molecule has 1 heterocycles. The molecule has 1 aliphatic carbocycles. The van der Waals surface area contributed by atoms with Gasteiger partial charge in [0.2, 0.25) is 5.75 Å². The summed E-state index contributed by atoms with van der Waals surface area (Å²) in [5.74, 6) is 0.872. The third kappa shape index (κ3) is 3.67. The van der Waals surface area contributed by atoms with Crippen LogP contribution >= 0.6 is 0 Å². The van der Waals surface area contributed by atoms with Gasteiger partial charge in [0, 0.05) is 17.5 Å². The molecule has 29 heavy (non-hydrogen) atoms. The first kappa shape index (κ1) is 19.3.